The maximum absolute atomic E-state index is 12.7. The van der Waals surface area contributed by atoms with Crippen LogP contribution in [-0.2, 0) is 33.3 Å². The first-order chi connectivity index (χ1) is 17.9. The molecule has 8 heteroatoms. The van der Waals surface area contributed by atoms with Crippen molar-refractivity contribution in [2.24, 2.45) is 0 Å². The molecule has 0 radical (unpaired) electrons. The van der Waals surface area contributed by atoms with E-state index in [1.165, 1.54) is 12.2 Å². The van der Waals surface area contributed by atoms with Gasteiger partial charge in [0.05, 0.1) is 0 Å². The first kappa shape index (κ1) is 24.9. The van der Waals surface area contributed by atoms with Crippen LogP contribution in [0.3, 0.4) is 0 Å². The molecule has 0 amide bonds. The number of benzene rings is 1. The summed E-state index contributed by atoms with van der Waals surface area (Å²) < 4.78 is 22.4. The molecule has 2 heterocycles. The molecule has 0 unspecified atom stereocenters. The summed E-state index contributed by atoms with van der Waals surface area (Å²) in [5.41, 5.74) is 1.00. The van der Waals surface area contributed by atoms with E-state index in [4.69, 9.17) is 18.9 Å². The van der Waals surface area contributed by atoms with Crippen LogP contribution in [0.5, 0.6) is 0 Å². The lowest BCUT2D eigenvalue weighted by Gasteiger charge is -2.38. The van der Waals surface area contributed by atoms with Gasteiger partial charge in [0.2, 0.25) is 0 Å². The van der Waals surface area contributed by atoms with E-state index in [0.29, 0.717) is 31.3 Å². The van der Waals surface area contributed by atoms with Gasteiger partial charge < -0.3 is 24.1 Å². The molecule has 1 aromatic rings. The van der Waals surface area contributed by atoms with Gasteiger partial charge in [-0.15, -0.1) is 0 Å². The number of carbonyl (C=O) groups excluding carboxylic acids is 3. The van der Waals surface area contributed by atoms with Crippen molar-refractivity contribution in [1.29, 1.82) is 0 Å². The van der Waals surface area contributed by atoms with Gasteiger partial charge in [0.25, 0.3) is 17.5 Å². The summed E-state index contributed by atoms with van der Waals surface area (Å²) in [6.07, 6.45) is 13.4. The van der Waals surface area contributed by atoms with Gasteiger partial charge in [0, 0.05) is 25.7 Å². The summed E-state index contributed by atoms with van der Waals surface area (Å²) in [5, 5.41) is 10.5. The van der Waals surface area contributed by atoms with Crippen LogP contribution in [0.2, 0.25) is 0 Å². The Morgan fingerprint density at radius 3 is 1.84 bits per heavy atom. The highest BCUT2D eigenvalue weighted by atomic mass is 16.8. The van der Waals surface area contributed by atoms with Crippen molar-refractivity contribution < 1.29 is 38.4 Å². The van der Waals surface area contributed by atoms with Crippen molar-refractivity contribution >= 4 is 23.5 Å². The van der Waals surface area contributed by atoms with E-state index in [-0.39, 0.29) is 11.1 Å². The second-order valence-electron chi connectivity index (χ2n) is 9.83. The average Bonchev–Trinajstić information content (AvgIpc) is 2.88. The van der Waals surface area contributed by atoms with Gasteiger partial charge in [0.15, 0.2) is 0 Å². The fraction of sp³-hybridized carbons (Fsp3) is 0.414. The number of ether oxygens (including phenoxy) is 4. The Morgan fingerprint density at radius 2 is 1.27 bits per heavy atom. The lowest BCUT2D eigenvalue weighted by molar-refractivity contribution is -0.249. The molecular weight excluding hydrogens is 476 g/mol. The number of allylic oxidation sites excluding steroid dienone is 4. The maximum atomic E-state index is 12.7. The zero-order valence-electron chi connectivity index (χ0n) is 20.6. The normalized spacial score (nSPS) is 23.5. The SMILES string of the molecule is O=C1OC2(CCCCC2)OC(=O)C1=C/C=C(/C=C/C1=C(O)OC2(CCCCC2)OC1=O)c1ccccc1. The van der Waals surface area contributed by atoms with E-state index in [0.717, 1.165) is 44.1 Å². The second-order valence-corrected chi connectivity index (χ2v) is 9.83. The van der Waals surface area contributed by atoms with Crippen LogP contribution in [0.4, 0.5) is 0 Å². The summed E-state index contributed by atoms with van der Waals surface area (Å²) in [7, 11) is 0. The minimum Gasteiger partial charge on any atom is -0.480 e. The van der Waals surface area contributed by atoms with E-state index in [9.17, 15) is 19.5 Å². The van der Waals surface area contributed by atoms with Gasteiger partial charge in [-0.1, -0.05) is 55.3 Å². The van der Waals surface area contributed by atoms with Gasteiger partial charge in [0.1, 0.15) is 11.1 Å². The van der Waals surface area contributed by atoms with Gasteiger partial charge in [-0.05, 0) is 49.0 Å². The summed E-state index contributed by atoms with van der Waals surface area (Å²) >= 11 is 0. The molecular formula is C29H30O8. The van der Waals surface area contributed by atoms with E-state index in [1.807, 2.05) is 30.3 Å². The lowest BCUT2D eigenvalue weighted by atomic mass is 9.93. The van der Waals surface area contributed by atoms with Crippen molar-refractivity contribution in [2.45, 2.75) is 75.8 Å². The number of hydrogen-bond donors (Lipinski definition) is 1. The fourth-order valence-corrected chi connectivity index (χ4v) is 5.20. The molecule has 2 aliphatic heterocycles. The van der Waals surface area contributed by atoms with Gasteiger partial charge in [-0.2, -0.15) is 0 Å². The Hall–Kier alpha value is -3.81. The topological polar surface area (TPSA) is 108 Å². The van der Waals surface area contributed by atoms with Crippen molar-refractivity contribution in [1.82, 2.24) is 0 Å². The quantitative estimate of drug-likeness (QED) is 0.253. The molecule has 4 aliphatic rings. The van der Waals surface area contributed by atoms with E-state index in [2.05, 4.69) is 0 Å². The minimum absolute atomic E-state index is 0.110. The predicted molar refractivity (Wildman–Crippen MR) is 132 cm³/mol. The summed E-state index contributed by atoms with van der Waals surface area (Å²) in [5.74, 6) is -4.82. The van der Waals surface area contributed by atoms with Crippen LogP contribution in [0.15, 0.2) is 71.7 Å². The van der Waals surface area contributed by atoms with Crippen molar-refractivity contribution in [3.05, 3.63) is 77.3 Å². The molecule has 0 atom stereocenters. The standard InChI is InChI=1S/C29H30O8/c30-24-22(25(31)35-28(34-24)16-6-2-7-17-28)14-12-21(20-10-4-1-5-11-20)13-15-23-26(32)36-29(37-27(23)33)18-8-3-9-19-29/h1,4-5,10-15,30H,2-3,6-9,16-19H2/b14-12+,21-13-. The first-order valence-electron chi connectivity index (χ1n) is 12.9. The van der Waals surface area contributed by atoms with Crippen LogP contribution in [-0.4, -0.2) is 34.6 Å². The smallest absolute Gasteiger partial charge is 0.348 e. The summed E-state index contributed by atoms with van der Waals surface area (Å²) in [4.78, 5) is 38.2. The van der Waals surface area contributed by atoms with E-state index >= 15 is 0 Å². The Balaban J connectivity index is 1.41. The average molecular weight is 507 g/mol. The zero-order chi connectivity index (χ0) is 25.9. The molecule has 5 rings (SSSR count). The lowest BCUT2D eigenvalue weighted by Crippen LogP contribution is -2.47. The largest absolute Gasteiger partial charge is 0.480 e. The maximum Gasteiger partial charge on any atom is 0.348 e. The Bertz CT molecular complexity index is 1170. The molecule has 1 N–H and O–H groups in total. The molecule has 194 valence electrons. The van der Waals surface area contributed by atoms with Crippen LogP contribution < -0.4 is 0 Å². The van der Waals surface area contributed by atoms with Gasteiger partial charge >= 0.3 is 17.9 Å². The summed E-state index contributed by atoms with van der Waals surface area (Å²) in [6.45, 7) is 0. The molecule has 0 bridgehead atoms. The highest BCUT2D eigenvalue weighted by Gasteiger charge is 2.47. The van der Waals surface area contributed by atoms with E-state index < -0.39 is 35.4 Å². The Labute approximate surface area is 215 Å². The fourth-order valence-electron chi connectivity index (χ4n) is 5.20. The number of hydrogen-bond acceptors (Lipinski definition) is 8. The second kappa shape index (κ2) is 10.3. The van der Waals surface area contributed by atoms with Crippen LogP contribution in [0.25, 0.3) is 5.57 Å². The third-order valence-electron chi connectivity index (χ3n) is 7.21. The van der Waals surface area contributed by atoms with Gasteiger partial charge in [-0.3, -0.25) is 0 Å². The number of rotatable bonds is 4. The molecule has 2 spiro atoms. The third-order valence-corrected chi connectivity index (χ3v) is 7.21. The number of aliphatic hydroxyl groups is 1. The molecule has 1 aromatic carbocycles. The van der Waals surface area contributed by atoms with Crippen LogP contribution in [0.1, 0.15) is 69.8 Å². The highest BCUT2D eigenvalue weighted by Crippen LogP contribution is 2.39. The van der Waals surface area contributed by atoms with Crippen LogP contribution in [0, 0.1) is 0 Å². The first-order valence-corrected chi connectivity index (χ1v) is 12.9. The zero-order valence-corrected chi connectivity index (χ0v) is 20.6. The molecule has 1 saturated heterocycles. The number of aliphatic hydroxyl groups excluding tert-OH is 1. The highest BCUT2D eigenvalue weighted by molar-refractivity contribution is 6.15. The molecule has 0 aromatic heterocycles. The Morgan fingerprint density at radius 1 is 0.730 bits per heavy atom. The number of carbonyl (C=O) groups is 3. The minimum atomic E-state index is -1.16. The predicted octanol–water partition coefficient (Wildman–Crippen LogP) is 5.32. The summed E-state index contributed by atoms with van der Waals surface area (Å²) in [6, 6.07) is 9.20. The monoisotopic (exact) mass is 506 g/mol. The van der Waals surface area contributed by atoms with Crippen molar-refractivity contribution in [3.8, 4) is 0 Å². The molecule has 3 fully saturated rings. The molecule has 37 heavy (non-hydrogen) atoms. The third kappa shape index (κ3) is 5.33. The van der Waals surface area contributed by atoms with Gasteiger partial charge in [-0.25, -0.2) is 14.4 Å². The molecule has 8 nitrogen and oxygen atoms in total. The van der Waals surface area contributed by atoms with E-state index in [1.54, 1.807) is 12.2 Å². The molecule has 2 saturated carbocycles. The van der Waals surface area contributed by atoms with Crippen molar-refractivity contribution in [2.75, 3.05) is 0 Å². The molecule has 2 aliphatic carbocycles. The number of esters is 3. The van der Waals surface area contributed by atoms with Crippen molar-refractivity contribution in [3.63, 3.8) is 0 Å². The Kier molecular flexibility index (Phi) is 6.91. The van der Waals surface area contributed by atoms with Crippen LogP contribution >= 0.6 is 0 Å².